The average molecular weight is 225 g/mol. The first kappa shape index (κ1) is 12.2. The lowest BCUT2D eigenvalue weighted by Crippen LogP contribution is -2.23. The van der Waals surface area contributed by atoms with E-state index in [1.807, 2.05) is 6.07 Å². The van der Waals surface area contributed by atoms with Crippen molar-refractivity contribution in [1.29, 1.82) is 0 Å². The molecule has 2 rings (SSSR count). The third-order valence-electron chi connectivity index (χ3n) is 4.68. The molecule has 0 N–H and O–H groups in total. The maximum absolute atomic E-state index is 3.43. The molecule has 1 aromatic rings. The average Bonchev–Trinajstić information content (AvgIpc) is 2.46. The van der Waals surface area contributed by atoms with Crippen molar-refractivity contribution in [2.75, 3.05) is 0 Å². The van der Waals surface area contributed by atoms with Crippen molar-refractivity contribution in [2.45, 2.75) is 47.0 Å². The van der Waals surface area contributed by atoms with E-state index >= 15 is 0 Å². The summed E-state index contributed by atoms with van der Waals surface area (Å²) in [6, 6.07) is 9.84. The molecule has 0 heterocycles. The lowest BCUT2D eigenvalue weighted by Gasteiger charge is -2.34. The first-order valence-electron chi connectivity index (χ1n) is 6.24. The Morgan fingerprint density at radius 1 is 0.941 bits per heavy atom. The van der Waals surface area contributed by atoms with Crippen molar-refractivity contribution in [1.82, 2.24) is 0 Å². The number of hydrogen-bond donors (Lipinski definition) is 0. The highest BCUT2D eigenvalue weighted by Gasteiger charge is 2.35. The predicted molar refractivity (Wildman–Crippen MR) is 74.1 cm³/mol. The highest BCUT2D eigenvalue weighted by molar-refractivity contribution is 5.58. The van der Waals surface area contributed by atoms with Crippen LogP contribution in [0.3, 0.4) is 0 Å². The molecule has 1 aliphatic carbocycles. The molecule has 90 valence electrons. The van der Waals surface area contributed by atoms with Gasteiger partial charge in [0.15, 0.2) is 0 Å². The molecule has 0 aliphatic heterocycles. The smallest absolute Gasteiger partial charge is 0.0124 e. The van der Waals surface area contributed by atoms with Gasteiger partial charge in [-0.3, -0.25) is 0 Å². The first-order chi connectivity index (χ1) is 7.89. The van der Waals surface area contributed by atoms with Crippen molar-refractivity contribution in [3.8, 4) is 0 Å². The molecule has 0 heteroatoms. The molecular formula is C17H21-. The van der Waals surface area contributed by atoms with Gasteiger partial charge in [0, 0.05) is 5.41 Å². The van der Waals surface area contributed by atoms with Gasteiger partial charge in [-0.15, -0.1) is 5.56 Å². The second-order valence-electron chi connectivity index (χ2n) is 5.40. The van der Waals surface area contributed by atoms with Gasteiger partial charge in [-0.05, 0) is 45.8 Å². The molecule has 1 aromatic carbocycles. The van der Waals surface area contributed by atoms with Gasteiger partial charge in [0.2, 0.25) is 0 Å². The molecule has 0 amide bonds. The largest absolute Gasteiger partial charge is 0.179 e. The summed E-state index contributed by atoms with van der Waals surface area (Å²) in [5, 5.41) is 0. The topological polar surface area (TPSA) is 0 Å². The summed E-state index contributed by atoms with van der Waals surface area (Å²) >= 11 is 0. The number of aryl methyl sites for hydroxylation is 1. The molecule has 0 unspecified atom stereocenters. The van der Waals surface area contributed by atoms with Crippen LogP contribution in [-0.4, -0.2) is 0 Å². The summed E-state index contributed by atoms with van der Waals surface area (Å²) in [7, 11) is 0. The molecule has 0 fully saturated rings. The maximum atomic E-state index is 3.43. The van der Waals surface area contributed by atoms with Gasteiger partial charge < -0.3 is 0 Å². The van der Waals surface area contributed by atoms with Crippen molar-refractivity contribution in [3.63, 3.8) is 0 Å². The van der Waals surface area contributed by atoms with Crippen molar-refractivity contribution in [3.05, 3.63) is 57.7 Å². The monoisotopic (exact) mass is 225 g/mol. The number of rotatable bonds is 1. The minimum atomic E-state index is 0.0419. The zero-order valence-electron chi connectivity index (χ0n) is 11.7. The zero-order valence-corrected chi connectivity index (χ0v) is 11.7. The second-order valence-corrected chi connectivity index (χ2v) is 5.40. The summed E-state index contributed by atoms with van der Waals surface area (Å²) < 4.78 is 0. The van der Waals surface area contributed by atoms with Crippen LogP contribution < -0.4 is 0 Å². The fraction of sp³-hybridized carbons (Fsp3) is 0.412. The van der Waals surface area contributed by atoms with Gasteiger partial charge in [0.1, 0.15) is 0 Å². The highest BCUT2D eigenvalue weighted by atomic mass is 14.4. The molecule has 17 heavy (non-hydrogen) atoms. The Labute approximate surface area is 105 Å². The van der Waals surface area contributed by atoms with Gasteiger partial charge in [0.25, 0.3) is 0 Å². The lowest BCUT2D eigenvalue weighted by atomic mass is 9.73. The zero-order chi connectivity index (χ0) is 12.8. The molecule has 1 aliphatic rings. The normalized spacial score (nSPS) is 19.2. The van der Waals surface area contributed by atoms with E-state index in [-0.39, 0.29) is 5.41 Å². The highest BCUT2D eigenvalue weighted by Crippen LogP contribution is 2.48. The molecular weight excluding hydrogens is 204 g/mol. The molecule has 0 saturated heterocycles. The number of allylic oxidation sites excluding steroid dienone is 4. The van der Waals surface area contributed by atoms with E-state index in [1.54, 1.807) is 0 Å². The molecule has 0 saturated carbocycles. The van der Waals surface area contributed by atoms with E-state index in [1.165, 1.54) is 33.4 Å². The van der Waals surface area contributed by atoms with E-state index < -0.39 is 0 Å². The summed E-state index contributed by atoms with van der Waals surface area (Å²) in [5.74, 6) is 0. The summed E-state index contributed by atoms with van der Waals surface area (Å²) in [4.78, 5) is 0. The van der Waals surface area contributed by atoms with Crippen LogP contribution in [0.4, 0.5) is 0 Å². The summed E-state index contributed by atoms with van der Waals surface area (Å²) in [5.41, 5.74) is 8.47. The second kappa shape index (κ2) is 3.87. The van der Waals surface area contributed by atoms with Gasteiger partial charge in [-0.1, -0.05) is 18.1 Å². The van der Waals surface area contributed by atoms with Crippen molar-refractivity contribution < 1.29 is 0 Å². The molecule has 0 nitrogen and oxygen atoms in total. The standard InChI is InChI=1S/C17H21/c1-11-8-7-9-16(10-11)17(6)14(4)12(2)13(3)15(17)5/h7-8,10H,1-6H3/q-1. The van der Waals surface area contributed by atoms with E-state index in [4.69, 9.17) is 0 Å². The van der Waals surface area contributed by atoms with E-state index in [0.29, 0.717) is 0 Å². The molecule has 0 bridgehead atoms. The van der Waals surface area contributed by atoms with Crippen LogP contribution in [-0.2, 0) is 5.41 Å². The van der Waals surface area contributed by atoms with Crippen LogP contribution >= 0.6 is 0 Å². The Hall–Kier alpha value is -1.30. The number of benzene rings is 1. The minimum absolute atomic E-state index is 0.0419. The van der Waals surface area contributed by atoms with Gasteiger partial charge in [-0.2, -0.15) is 29.8 Å². The Balaban J connectivity index is 2.66. The Morgan fingerprint density at radius 3 is 1.94 bits per heavy atom. The Kier molecular flexibility index (Phi) is 2.77. The third kappa shape index (κ3) is 1.58. The molecule has 0 radical (unpaired) electrons. The first-order valence-corrected chi connectivity index (χ1v) is 6.24. The Bertz CT molecular complexity index is 503. The molecule has 0 spiro atoms. The van der Waals surface area contributed by atoms with Crippen LogP contribution in [0, 0.1) is 13.0 Å². The fourth-order valence-corrected chi connectivity index (χ4v) is 2.87. The summed E-state index contributed by atoms with van der Waals surface area (Å²) in [6.07, 6.45) is 0. The van der Waals surface area contributed by atoms with Gasteiger partial charge >= 0.3 is 0 Å². The van der Waals surface area contributed by atoms with Crippen LogP contribution in [0.1, 0.15) is 45.7 Å². The van der Waals surface area contributed by atoms with Crippen LogP contribution in [0.5, 0.6) is 0 Å². The van der Waals surface area contributed by atoms with Gasteiger partial charge in [0.05, 0.1) is 0 Å². The number of hydrogen-bond acceptors (Lipinski definition) is 0. The maximum Gasteiger partial charge on any atom is 0.0124 e. The quantitative estimate of drug-likeness (QED) is 0.606. The van der Waals surface area contributed by atoms with Crippen molar-refractivity contribution in [2.24, 2.45) is 0 Å². The summed E-state index contributed by atoms with van der Waals surface area (Å²) in [6.45, 7) is 13.4. The van der Waals surface area contributed by atoms with Crippen LogP contribution in [0.15, 0.2) is 40.5 Å². The predicted octanol–water partition coefficient (Wildman–Crippen LogP) is 4.74. The SMILES string of the molecule is CC1=C(C)C(C)(c2[c-]ccc(C)c2)C(C)=C1C. The third-order valence-corrected chi connectivity index (χ3v) is 4.68. The van der Waals surface area contributed by atoms with Crippen LogP contribution in [0.2, 0.25) is 0 Å². The fourth-order valence-electron chi connectivity index (χ4n) is 2.87. The van der Waals surface area contributed by atoms with Gasteiger partial charge in [-0.25, -0.2) is 0 Å². The van der Waals surface area contributed by atoms with Crippen molar-refractivity contribution >= 4 is 0 Å². The Morgan fingerprint density at radius 2 is 1.47 bits per heavy atom. The van der Waals surface area contributed by atoms with Crippen LogP contribution in [0.25, 0.3) is 0 Å². The van der Waals surface area contributed by atoms with E-state index in [2.05, 4.69) is 59.7 Å². The molecule has 0 atom stereocenters. The lowest BCUT2D eigenvalue weighted by molar-refractivity contribution is 0.664. The van der Waals surface area contributed by atoms with E-state index in [9.17, 15) is 0 Å². The molecule has 0 aromatic heterocycles. The minimum Gasteiger partial charge on any atom is -0.179 e. The van der Waals surface area contributed by atoms with E-state index in [0.717, 1.165) is 0 Å².